The molecule has 0 radical (unpaired) electrons. The average Bonchev–Trinajstić information content (AvgIpc) is 3.64. The van der Waals surface area contributed by atoms with Gasteiger partial charge in [0.1, 0.15) is 11.9 Å². The number of benzene rings is 1. The molecule has 2 aliphatic heterocycles. The summed E-state index contributed by atoms with van der Waals surface area (Å²) in [4.78, 5) is 29.5. The number of hydrogen-bond acceptors (Lipinski definition) is 7. The van der Waals surface area contributed by atoms with Gasteiger partial charge in [-0.3, -0.25) is 9.63 Å². The number of aromatic nitrogens is 2. The molecule has 186 valence electrons. The number of nitrogens with zero attached hydrogens (tertiary/aromatic N) is 3. The highest BCUT2D eigenvalue weighted by Crippen LogP contribution is 2.44. The molecule has 4 fully saturated rings. The molecule has 2 saturated carbocycles. The van der Waals surface area contributed by atoms with E-state index in [2.05, 4.69) is 26.4 Å². The first-order chi connectivity index (χ1) is 17.1. The lowest BCUT2D eigenvalue weighted by Gasteiger charge is -2.52. The lowest BCUT2D eigenvalue weighted by atomic mass is 9.73. The molecule has 2 aliphatic carbocycles. The minimum atomic E-state index is -0.120. The van der Waals surface area contributed by atoms with Crippen LogP contribution >= 0.6 is 0 Å². The number of aryl methyl sites for hydroxylation is 1. The van der Waals surface area contributed by atoms with Gasteiger partial charge in [0.25, 0.3) is 0 Å². The second-order valence-corrected chi connectivity index (χ2v) is 10.8. The summed E-state index contributed by atoms with van der Waals surface area (Å²) in [5, 5.41) is 0. The van der Waals surface area contributed by atoms with E-state index in [1.165, 1.54) is 0 Å². The van der Waals surface area contributed by atoms with E-state index >= 15 is 0 Å². The topological polar surface area (TPSA) is 85.8 Å². The van der Waals surface area contributed by atoms with Gasteiger partial charge in [0.2, 0.25) is 11.9 Å². The predicted octanol–water partition coefficient (Wildman–Crippen LogP) is 4.49. The van der Waals surface area contributed by atoms with Gasteiger partial charge in [-0.05, 0) is 74.6 Å². The Labute approximate surface area is 206 Å². The first kappa shape index (κ1) is 22.7. The number of hydroxylamine groups is 1. The SMILES string of the molecule is Cc1cc(C(ONC(=O)C2CCC2)C2CC2)ccc1Oc1cnc(N2CC3(CCOCC3)C2)nc1. The van der Waals surface area contributed by atoms with Gasteiger partial charge in [-0.2, -0.15) is 0 Å². The molecule has 4 aliphatic rings. The second-order valence-electron chi connectivity index (χ2n) is 10.8. The summed E-state index contributed by atoms with van der Waals surface area (Å²) in [5.74, 6) is 2.73. The Morgan fingerprint density at radius 2 is 1.89 bits per heavy atom. The van der Waals surface area contributed by atoms with Gasteiger partial charge in [0.15, 0.2) is 5.75 Å². The van der Waals surface area contributed by atoms with Crippen LogP contribution < -0.4 is 15.1 Å². The molecular formula is C27H34N4O4. The lowest BCUT2D eigenvalue weighted by molar-refractivity contribution is -0.146. The van der Waals surface area contributed by atoms with Crippen LogP contribution in [0.1, 0.15) is 62.2 Å². The average molecular weight is 479 g/mol. The highest BCUT2D eigenvalue weighted by molar-refractivity contribution is 5.78. The lowest BCUT2D eigenvalue weighted by Crippen LogP contribution is -2.59. The van der Waals surface area contributed by atoms with Crippen molar-refractivity contribution < 1.29 is 19.1 Å². The van der Waals surface area contributed by atoms with Gasteiger partial charge in [-0.15, -0.1) is 0 Å². The van der Waals surface area contributed by atoms with Crippen molar-refractivity contribution in [2.75, 3.05) is 31.2 Å². The zero-order chi connectivity index (χ0) is 23.8. The van der Waals surface area contributed by atoms with Crippen LogP contribution in [0, 0.1) is 24.2 Å². The van der Waals surface area contributed by atoms with Gasteiger partial charge in [-0.25, -0.2) is 15.4 Å². The smallest absolute Gasteiger partial charge is 0.246 e. The number of ether oxygens (including phenoxy) is 2. The first-order valence-corrected chi connectivity index (χ1v) is 13.0. The molecule has 1 spiro atoms. The molecular weight excluding hydrogens is 444 g/mol. The van der Waals surface area contributed by atoms with Crippen molar-refractivity contribution in [1.82, 2.24) is 15.4 Å². The van der Waals surface area contributed by atoms with Crippen LogP contribution in [-0.2, 0) is 14.4 Å². The minimum Gasteiger partial charge on any atom is -0.454 e. The molecule has 2 saturated heterocycles. The normalized spacial score (nSPS) is 22.3. The van der Waals surface area contributed by atoms with E-state index in [0.29, 0.717) is 17.1 Å². The van der Waals surface area contributed by atoms with Crippen LogP contribution in [0.2, 0.25) is 0 Å². The zero-order valence-electron chi connectivity index (χ0n) is 20.4. The van der Waals surface area contributed by atoms with E-state index in [0.717, 1.165) is 94.1 Å². The monoisotopic (exact) mass is 478 g/mol. The number of nitrogens with one attached hydrogen (secondary N) is 1. The van der Waals surface area contributed by atoms with Crippen molar-refractivity contribution in [3.63, 3.8) is 0 Å². The van der Waals surface area contributed by atoms with Crippen LogP contribution in [0.4, 0.5) is 5.95 Å². The Hall–Kier alpha value is -2.71. The van der Waals surface area contributed by atoms with Gasteiger partial charge in [0.05, 0.1) is 12.4 Å². The molecule has 1 atom stereocenters. The fourth-order valence-corrected chi connectivity index (χ4v) is 5.35. The van der Waals surface area contributed by atoms with Gasteiger partial charge >= 0.3 is 0 Å². The summed E-state index contributed by atoms with van der Waals surface area (Å²) in [7, 11) is 0. The maximum Gasteiger partial charge on any atom is 0.246 e. The molecule has 3 heterocycles. The second kappa shape index (κ2) is 9.39. The van der Waals surface area contributed by atoms with Crippen molar-refractivity contribution in [3.8, 4) is 11.5 Å². The zero-order valence-corrected chi connectivity index (χ0v) is 20.4. The summed E-state index contributed by atoms with van der Waals surface area (Å²) in [6.07, 6.45) is 10.9. The van der Waals surface area contributed by atoms with Gasteiger partial charge in [0, 0.05) is 37.6 Å². The molecule has 8 heteroatoms. The number of amides is 1. The van der Waals surface area contributed by atoms with E-state index < -0.39 is 0 Å². The quantitative estimate of drug-likeness (QED) is 0.560. The Kier molecular flexibility index (Phi) is 6.10. The Balaban J connectivity index is 1.06. The summed E-state index contributed by atoms with van der Waals surface area (Å²) < 4.78 is 11.6. The van der Waals surface area contributed by atoms with E-state index in [9.17, 15) is 4.79 Å². The Morgan fingerprint density at radius 3 is 2.51 bits per heavy atom. The highest BCUT2D eigenvalue weighted by atomic mass is 16.7. The summed E-state index contributed by atoms with van der Waals surface area (Å²) >= 11 is 0. The molecule has 1 aromatic heterocycles. The van der Waals surface area contributed by atoms with Crippen LogP contribution in [0.5, 0.6) is 11.5 Å². The number of hydrogen-bond donors (Lipinski definition) is 1. The van der Waals surface area contributed by atoms with Crippen LogP contribution in [0.15, 0.2) is 30.6 Å². The molecule has 35 heavy (non-hydrogen) atoms. The highest BCUT2D eigenvalue weighted by Gasteiger charge is 2.44. The molecule has 1 unspecified atom stereocenters. The third kappa shape index (κ3) is 4.86. The molecule has 6 rings (SSSR count). The summed E-state index contributed by atoms with van der Waals surface area (Å²) in [6.45, 7) is 5.76. The third-order valence-electron chi connectivity index (χ3n) is 8.07. The molecule has 1 N–H and O–H groups in total. The molecule has 0 bridgehead atoms. The van der Waals surface area contributed by atoms with Crippen LogP contribution in [-0.4, -0.2) is 42.2 Å². The van der Waals surface area contributed by atoms with Crippen molar-refractivity contribution in [1.29, 1.82) is 0 Å². The van der Waals surface area contributed by atoms with Crippen molar-refractivity contribution >= 4 is 11.9 Å². The number of carbonyl (C=O) groups excluding carboxylic acids is 1. The maximum absolute atomic E-state index is 12.2. The van der Waals surface area contributed by atoms with Crippen LogP contribution in [0.25, 0.3) is 0 Å². The van der Waals surface area contributed by atoms with Gasteiger partial charge in [-0.1, -0.05) is 12.5 Å². The molecule has 1 amide bonds. The number of rotatable bonds is 8. The fraction of sp³-hybridized carbons (Fsp3) is 0.593. The standard InChI is InChI=1S/C27H34N4O4/c1-18-13-21(24(19-5-6-19)35-30-25(32)20-3-2-4-20)7-8-23(18)34-22-14-28-26(29-15-22)31-16-27(17-31)9-11-33-12-10-27/h7-8,13-15,19-20,24H,2-6,9-12,16-17H2,1H3,(H,30,32). The predicted molar refractivity (Wildman–Crippen MR) is 130 cm³/mol. The van der Waals surface area contributed by atoms with Crippen molar-refractivity contribution in [3.05, 3.63) is 41.7 Å². The van der Waals surface area contributed by atoms with E-state index in [1.807, 2.05) is 19.1 Å². The van der Waals surface area contributed by atoms with E-state index in [1.54, 1.807) is 12.4 Å². The number of anilines is 1. The Morgan fingerprint density at radius 1 is 1.14 bits per heavy atom. The van der Waals surface area contributed by atoms with E-state index in [4.69, 9.17) is 14.3 Å². The minimum absolute atomic E-state index is 0.0168. The summed E-state index contributed by atoms with van der Waals surface area (Å²) in [6, 6.07) is 6.09. The van der Waals surface area contributed by atoms with E-state index in [-0.39, 0.29) is 17.9 Å². The summed E-state index contributed by atoms with van der Waals surface area (Å²) in [5.41, 5.74) is 5.19. The van der Waals surface area contributed by atoms with Gasteiger partial charge < -0.3 is 14.4 Å². The largest absolute Gasteiger partial charge is 0.454 e. The fourth-order valence-electron chi connectivity index (χ4n) is 5.35. The molecule has 8 nitrogen and oxygen atoms in total. The maximum atomic E-state index is 12.2. The number of carbonyl (C=O) groups is 1. The van der Waals surface area contributed by atoms with Crippen molar-refractivity contribution in [2.24, 2.45) is 17.3 Å². The third-order valence-corrected chi connectivity index (χ3v) is 8.07. The molecule has 2 aromatic rings. The molecule has 1 aromatic carbocycles. The Bertz CT molecular complexity index is 1050. The van der Waals surface area contributed by atoms with Crippen molar-refractivity contribution in [2.45, 2.75) is 58.0 Å². The van der Waals surface area contributed by atoms with Crippen LogP contribution in [0.3, 0.4) is 0 Å². The first-order valence-electron chi connectivity index (χ1n) is 13.0.